The van der Waals surface area contributed by atoms with E-state index in [2.05, 4.69) is 31.2 Å². The number of aryl methyl sites for hydroxylation is 1. The summed E-state index contributed by atoms with van der Waals surface area (Å²) < 4.78 is 5.49. The third-order valence-electron chi connectivity index (χ3n) is 3.91. The summed E-state index contributed by atoms with van der Waals surface area (Å²) in [5.41, 5.74) is 4.62. The lowest BCUT2D eigenvalue weighted by molar-refractivity contribution is -0.143. The topological polar surface area (TPSA) is 29.5 Å². The van der Waals surface area contributed by atoms with Gasteiger partial charge in [-0.2, -0.15) is 0 Å². The molecule has 0 aliphatic carbocycles. The standard InChI is InChI=1S/C19H21NO2S/c1-13-8-9-17-16(12-13)14-6-4-5-7-15(14)18(23-17)19(21)22-11-10-20(2)3/h4-9,12,18H,10-11H2,1-3H3. The summed E-state index contributed by atoms with van der Waals surface area (Å²) in [6, 6.07) is 14.5. The van der Waals surface area contributed by atoms with E-state index < -0.39 is 0 Å². The fraction of sp³-hybridized carbons (Fsp3) is 0.316. The number of esters is 1. The van der Waals surface area contributed by atoms with Gasteiger partial charge in [-0.15, -0.1) is 11.8 Å². The molecule has 1 unspecified atom stereocenters. The molecule has 0 fully saturated rings. The lowest BCUT2D eigenvalue weighted by atomic mass is 9.95. The SMILES string of the molecule is Cc1ccc2c(c1)-c1ccccc1C(C(=O)OCCN(C)C)S2. The van der Waals surface area contributed by atoms with Gasteiger partial charge < -0.3 is 9.64 Å². The maximum Gasteiger partial charge on any atom is 0.324 e. The molecule has 0 spiro atoms. The van der Waals surface area contributed by atoms with Gasteiger partial charge in [-0.3, -0.25) is 4.79 Å². The van der Waals surface area contributed by atoms with Crippen molar-refractivity contribution in [3.8, 4) is 11.1 Å². The highest BCUT2D eigenvalue weighted by Crippen LogP contribution is 2.49. The zero-order chi connectivity index (χ0) is 16.4. The minimum Gasteiger partial charge on any atom is -0.463 e. The van der Waals surface area contributed by atoms with Crippen molar-refractivity contribution in [2.75, 3.05) is 27.2 Å². The molecule has 0 saturated heterocycles. The van der Waals surface area contributed by atoms with Crippen LogP contribution in [0.15, 0.2) is 47.4 Å². The molecule has 2 aromatic rings. The van der Waals surface area contributed by atoms with Crippen LogP contribution in [-0.2, 0) is 9.53 Å². The number of fused-ring (bicyclic) bond motifs is 3. The fourth-order valence-electron chi connectivity index (χ4n) is 2.70. The van der Waals surface area contributed by atoms with Crippen molar-refractivity contribution in [1.29, 1.82) is 0 Å². The highest BCUT2D eigenvalue weighted by molar-refractivity contribution is 8.00. The van der Waals surface area contributed by atoms with Crippen LogP contribution in [0.5, 0.6) is 0 Å². The van der Waals surface area contributed by atoms with E-state index in [1.54, 1.807) is 11.8 Å². The summed E-state index contributed by atoms with van der Waals surface area (Å²) in [4.78, 5) is 15.7. The molecule has 0 bridgehead atoms. The molecule has 0 saturated carbocycles. The van der Waals surface area contributed by atoms with Crippen LogP contribution in [0.4, 0.5) is 0 Å². The van der Waals surface area contributed by atoms with Crippen LogP contribution in [0, 0.1) is 6.92 Å². The lowest BCUT2D eigenvalue weighted by Crippen LogP contribution is -2.23. The van der Waals surface area contributed by atoms with Crippen molar-refractivity contribution in [1.82, 2.24) is 4.90 Å². The van der Waals surface area contributed by atoms with Crippen LogP contribution < -0.4 is 0 Å². The number of carbonyl (C=O) groups excluding carboxylic acids is 1. The Hall–Kier alpha value is -1.78. The van der Waals surface area contributed by atoms with Crippen LogP contribution in [0.1, 0.15) is 16.4 Å². The summed E-state index contributed by atoms with van der Waals surface area (Å²) in [6.07, 6.45) is 0. The second kappa shape index (κ2) is 6.77. The molecular formula is C19H21NO2S. The van der Waals surface area contributed by atoms with Crippen LogP contribution >= 0.6 is 11.8 Å². The highest BCUT2D eigenvalue weighted by Gasteiger charge is 2.31. The maximum atomic E-state index is 12.6. The van der Waals surface area contributed by atoms with Crippen molar-refractivity contribution in [2.45, 2.75) is 17.1 Å². The molecule has 1 atom stereocenters. The number of hydrogen-bond acceptors (Lipinski definition) is 4. The molecule has 3 nitrogen and oxygen atoms in total. The zero-order valence-electron chi connectivity index (χ0n) is 13.7. The number of carbonyl (C=O) groups is 1. The van der Waals surface area contributed by atoms with Gasteiger partial charge in [-0.05, 0) is 43.8 Å². The van der Waals surface area contributed by atoms with E-state index in [9.17, 15) is 4.79 Å². The van der Waals surface area contributed by atoms with E-state index >= 15 is 0 Å². The van der Waals surface area contributed by atoms with Crippen molar-refractivity contribution in [3.63, 3.8) is 0 Å². The molecule has 0 N–H and O–H groups in total. The van der Waals surface area contributed by atoms with Gasteiger partial charge >= 0.3 is 5.97 Å². The average Bonchev–Trinajstić information content (AvgIpc) is 2.53. The average molecular weight is 327 g/mol. The molecule has 0 radical (unpaired) electrons. The summed E-state index contributed by atoms with van der Waals surface area (Å²) >= 11 is 1.59. The van der Waals surface area contributed by atoms with Gasteiger partial charge in [-0.25, -0.2) is 0 Å². The maximum absolute atomic E-state index is 12.6. The van der Waals surface area contributed by atoms with Crippen molar-refractivity contribution < 1.29 is 9.53 Å². The zero-order valence-corrected chi connectivity index (χ0v) is 14.5. The van der Waals surface area contributed by atoms with Crippen molar-refractivity contribution in [3.05, 3.63) is 53.6 Å². The summed E-state index contributed by atoms with van der Waals surface area (Å²) in [5.74, 6) is -0.157. The Balaban J connectivity index is 1.89. The van der Waals surface area contributed by atoms with E-state index in [0.29, 0.717) is 6.61 Å². The third kappa shape index (κ3) is 3.43. The van der Waals surface area contributed by atoms with Gasteiger partial charge in [0.15, 0.2) is 0 Å². The molecule has 1 aliphatic rings. The van der Waals surface area contributed by atoms with Crippen molar-refractivity contribution in [2.24, 2.45) is 0 Å². The van der Waals surface area contributed by atoms with Gasteiger partial charge in [0.1, 0.15) is 11.9 Å². The quantitative estimate of drug-likeness (QED) is 0.796. The highest BCUT2D eigenvalue weighted by atomic mass is 32.2. The minimum absolute atomic E-state index is 0.157. The Morgan fingerprint density at radius 1 is 1.17 bits per heavy atom. The van der Waals surface area contributed by atoms with Gasteiger partial charge in [0.05, 0.1) is 0 Å². The number of likely N-dealkylation sites (N-methyl/N-ethyl adjacent to an activating group) is 1. The van der Waals surface area contributed by atoms with Crippen LogP contribution in [0.2, 0.25) is 0 Å². The number of hydrogen-bond donors (Lipinski definition) is 0. The number of nitrogens with zero attached hydrogens (tertiary/aromatic N) is 1. The number of ether oxygens (including phenoxy) is 1. The van der Waals surface area contributed by atoms with E-state index in [0.717, 1.165) is 22.6 Å². The van der Waals surface area contributed by atoms with Gasteiger partial charge in [0, 0.05) is 11.4 Å². The monoisotopic (exact) mass is 327 g/mol. The largest absolute Gasteiger partial charge is 0.463 e. The van der Waals surface area contributed by atoms with Crippen LogP contribution in [-0.4, -0.2) is 38.1 Å². The van der Waals surface area contributed by atoms with Gasteiger partial charge in [0.2, 0.25) is 0 Å². The van der Waals surface area contributed by atoms with Crippen LogP contribution in [0.25, 0.3) is 11.1 Å². The Kier molecular flexibility index (Phi) is 4.74. The number of benzene rings is 2. The second-order valence-electron chi connectivity index (χ2n) is 6.06. The normalized spacial score (nSPS) is 15.9. The first-order chi connectivity index (χ1) is 11.1. The predicted octanol–water partition coefficient (Wildman–Crippen LogP) is 3.91. The Morgan fingerprint density at radius 3 is 2.74 bits per heavy atom. The number of thioether (sulfide) groups is 1. The van der Waals surface area contributed by atoms with E-state index in [-0.39, 0.29) is 11.2 Å². The molecule has 4 heteroatoms. The smallest absolute Gasteiger partial charge is 0.324 e. The Labute approximate surface area is 141 Å². The molecule has 23 heavy (non-hydrogen) atoms. The van der Waals surface area contributed by atoms with E-state index in [1.165, 1.54) is 11.1 Å². The van der Waals surface area contributed by atoms with Crippen molar-refractivity contribution >= 4 is 17.7 Å². The van der Waals surface area contributed by atoms with Crippen LogP contribution in [0.3, 0.4) is 0 Å². The summed E-state index contributed by atoms with van der Waals surface area (Å²) in [5, 5.41) is -0.288. The predicted molar refractivity (Wildman–Crippen MR) is 94.7 cm³/mol. The number of rotatable bonds is 4. The Bertz CT molecular complexity index is 727. The molecule has 1 heterocycles. The van der Waals surface area contributed by atoms with Gasteiger partial charge in [-0.1, -0.05) is 42.0 Å². The molecular weight excluding hydrogens is 306 g/mol. The molecule has 3 rings (SSSR count). The first kappa shape index (κ1) is 16.1. The van der Waals surface area contributed by atoms with Gasteiger partial charge in [0.25, 0.3) is 0 Å². The minimum atomic E-state index is -0.288. The lowest BCUT2D eigenvalue weighted by Gasteiger charge is -2.26. The summed E-state index contributed by atoms with van der Waals surface area (Å²) in [7, 11) is 3.94. The molecule has 2 aromatic carbocycles. The molecule has 0 aromatic heterocycles. The first-order valence-electron chi connectivity index (χ1n) is 7.74. The van der Waals surface area contributed by atoms with E-state index in [1.807, 2.05) is 37.2 Å². The molecule has 1 aliphatic heterocycles. The molecule has 0 amide bonds. The third-order valence-corrected chi connectivity index (χ3v) is 5.20. The second-order valence-corrected chi connectivity index (χ2v) is 7.20. The van der Waals surface area contributed by atoms with E-state index in [4.69, 9.17) is 4.74 Å². The first-order valence-corrected chi connectivity index (χ1v) is 8.62. The summed E-state index contributed by atoms with van der Waals surface area (Å²) in [6.45, 7) is 3.25. The fourth-order valence-corrected chi connectivity index (χ4v) is 3.89. The Morgan fingerprint density at radius 2 is 1.96 bits per heavy atom. The molecule has 120 valence electrons.